The Morgan fingerprint density at radius 2 is 1.85 bits per heavy atom. The minimum Gasteiger partial charge on any atom is -0.363 e. The van der Waals surface area contributed by atoms with Crippen molar-refractivity contribution in [2.75, 3.05) is 18.0 Å². The fraction of sp³-hybridized carbons (Fsp3) is 0.409. The van der Waals surface area contributed by atoms with E-state index in [-0.39, 0.29) is 17.3 Å². The van der Waals surface area contributed by atoms with Crippen molar-refractivity contribution >= 4 is 23.2 Å². The number of piperidine rings is 1. The Bertz CT molecular complexity index is 852. The number of hydrogen-bond acceptors (Lipinski definition) is 2. The Balaban J connectivity index is 1.56. The summed E-state index contributed by atoms with van der Waals surface area (Å²) in [5.41, 5.74) is 1.60. The Hall–Kier alpha value is -2.07. The van der Waals surface area contributed by atoms with Crippen molar-refractivity contribution in [3.05, 3.63) is 64.9 Å². The summed E-state index contributed by atoms with van der Waals surface area (Å²) in [4.78, 5) is 17.3. The summed E-state index contributed by atoms with van der Waals surface area (Å²) in [6.07, 6.45) is 1.91. The van der Waals surface area contributed by atoms with Gasteiger partial charge in [0.05, 0.1) is 10.6 Å². The molecule has 0 N–H and O–H groups in total. The van der Waals surface area contributed by atoms with Gasteiger partial charge in [-0.15, -0.1) is 0 Å². The van der Waals surface area contributed by atoms with Crippen LogP contribution in [0.5, 0.6) is 0 Å². The van der Waals surface area contributed by atoms with Gasteiger partial charge in [-0.1, -0.05) is 23.7 Å². The SMILES string of the molecule is CC1(C)C[C@@H]2CN(C(=O)c3ccccc3Cl)CC[C@@H]2N1c1ccc(F)cc1. The number of rotatable bonds is 2. The molecule has 2 aromatic carbocycles. The Morgan fingerprint density at radius 1 is 1.15 bits per heavy atom. The molecule has 2 fully saturated rings. The molecule has 4 rings (SSSR count). The lowest BCUT2D eigenvalue weighted by Gasteiger charge is -2.42. The molecule has 142 valence electrons. The van der Waals surface area contributed by atoms with Gasteiger partial charge in [0.15, 0.2) is 0 Å². The molecule has 0 aromatic heterocycles. The van der Waals surface area contributed by atoms with E-state index in [1.807, 2.05) is 29.2 Å². The highest BCUT2D eigenvalue weighted by molar-refractivity contribution is 6.33. The molecule has 2 saturated heterocycles. The first kappa shape index (κ1) is 18.3. The Kier molecular flexibility index (Phi) is 4.63. The predicted octanol–water partition coefficient (Wildman–Crippen LogP) is 5.00. The normalized spacial score (nSPS) is 24.0. The summed E-state index contributed by atoms with van der Waals surface area (Å²) in [7, 11) is 0. The van der Waals surface area contributed by atoms with Crippen LogP contribution in [0, 0.1) is 11.7 Å². The van der Waals surface area contributed by atoms with E-state index in [0.717, 1.165) is 25.1 Å². The topological polar surface area (TPSA) is 23.6 Å². The van der Waals surface area contributed by atoms with Gasteiger partial charge in [-0.05, 0) is 69.0 Å². The van der Waals surface area contributed by atoms with Crippen molar-refractivity contribution in [3.63, 3.8) is 0 Å². The smallest absolute Gasteiger partial charge is 0.255 e. The van der Waals surface area contributed by atoms with Gasteiger partial charge in [-0.25, -0.2) is 4.39 Å². The molecule has 2 aliphatic heterocycles. The zero-order valence-corrected chi connectivity index (χ0v) is 16.4. The van der Waals surface area contributed by atoms with Gasteiger partial charge in [-0.2, -0.15) is 0 Å². The molecule has 0 bridgehead atoms. The first-order valence-electron chi connectivity index (χ1n) is 9.45. The summed E-state index contributed by atoms with van der Waals surface area (Å²) >= 11 is 6.22. The van der Waals surface area contributed by atoms with E-state index in [1.165, 1.54) is 12.1 Å². The van der Waals surface area contributed by atoms with Gasteiger partial charge < -0.3 is 9.80 Å². The van der Waals surface area contributed by atoms with Crippen LogP contribution in [-0.4, -0.2) is 35.5 Å². The lowest BCUT2D eigenvalue weighted by atomic mass is 9.89. The number of hydrogen-bond donors (Lipinski definition) is 0. The number of nitrogens with zero attached hydrogens (tertiary/aromatic N) is 2. The van der Waals surface area contributed by atoms with Crippen LogP contribution in [0.2, 0.25) is 5.02 Å². The third kappa shape index (κ3) is 3.31. The fourth-order valence-corrected chi connectivity index (χ4v) is 5.10. The van der Waals surface area contributed by atoms with Gasteiger partial charge in [0.25, 0.3) is 5.91 Å². The number of carbonyl (C=O) groups excluding carboxylic acids is 1. The van der Waals surface area contributed by atoms with E-state index in [0.29, 0.717) is 29.1 Å². The summed E-state index contributed by atoms with van der Waals surface area (Å²) in [5.74, 6) is 0.190. The molecule has 2 aromatic rings. The maximum Gasteiger partial charge on any atom is 0.255 e. The number of likely N-dealkylation sites (tertiary alicyclic amines) is 1. The monoisotopic (exact) mass is 386 g/mol. The fourth-order valence-electron chi connectivity index (χ4n) is 4.88. The molecule has 0 saturated carbocycles. The molecule has 5 heteroatoms. The molecule has 2 atom stereocenters. The molecule has 0 spiro atoms. The van der Waals surface area contributed by atoms with Crippen LogP contribution in [0.25, 0.3) is 0 Å². The highest BCUT2D eigenvalue weighted by Gasteiger charge is 2.48. The molecule has 0 unspecified atom stereocenters. The van der Waals surface area contributed by atoms with E-state index >= 15 is 0 Å². The maximum absolute atomic E-state index is 13.4. The van der Waals surface area contributed by atoms with Crippen LogP contribution in [0.15, 0.2) is 48.5 Å². The van der Waals surface area contributed by atoms with E-state index in [4.69, 9.17) is 11.6 Å². The second-order valence-corrected chi connectivity index (χ2v) is 8.62. The highest BCUT2D eigenvalue weighted by Crippen LogP contribution is 2.44. The lowest BCUT2D eigenvalue weighted by molar-refractivity contribution is 0.0667. The predicted molar refractivity (Wildman–Crippen MR) is 107 cm³/mol. The molecule has 0 aliphatic carbocycles. The van der Waals surface area contributed by atoms with E-state index in [1.54, 1.807) is 12.1 Å². The highest BCUT2D eigenvalue weighted by atomic mass is 35.5. The molecule has 2 aliphatic rings. The summed E-state index contributed by atoms with van der Waals surface area (Å²) in [6.45, 7) is 5.90. The number of amides is 1. The third-order valence-electron chi connectivity index (χ3n) is 5.94. The first-order chi connectivity index (χ1) is 12.9. The van der Waals surface area contributed by atoms with E-state index in [2.05, 4.69) is 18.7 Å². The van der Waals surface area contributed by atoms with Gasteiger partial charge in [0, 0.05) is 30.4 Å². The Morgan fingerprint density at radius 3 is 2.56 bits per heavy atom. The van der Waals surface area contributed by atoms with Crippen molar-refractivity contribution < 1.29 is 9.18 Å². The first-order valence-corrected chi connectivity index (χ1v) is 9.83. The van der Waals surface area contributed by atoms with Gasteiger partial charge >= 0.3 is 0 Å². The van der Waals surface area contributed by atoms with E-state index in [9.17, 15) is 9.18 Å². The lowest BCUT2D eigenvalue weighted by Crippen LogP contribution is -2.50. The zero-order chi connectivity index (χ0) is 19.2. The van der Waals surface area contributed by atoms with Crippen LogP contribution in [0.1, 0.15) is 37.0 Å². The van der Waals surface area contributed by atoms with Crippen LogP contribution in [0.4, 0.5) is 10.1 Å². The average Bonchev–Trinajstić information content (AvgIpc) is 2.91. The van der Waals surface area contributed by atoms with Gasteiger partial charge in [0.2, 0.25) is 0 Å². The summed E-state index contributed by atoms with van der Waals surface area (Å²) < 4.78 is 13.4. The Labute approximate surface area is 164 Å². The zero-order valence-electron chi connectivity index (χ0n) is 15.7. The number of halogens is 2. The van der Waals surface area contributed by atoms with Gasteiger partial charge in [0.1, 0.15) is 5.82 Å². The van der Waals surface area contributed by atoms with E-state index < -0.39 is 0 Å². The molecular weight excluding hydrogens is 363 g/mol. The molecule has 2 heterocycles. The van der Waals surface area contributed by atoms with Gasteiger partial charge in [-0.3, -0.25) is 4.79 Å². The minimum absolute atomic E-state index is 0.0112. The van der Waals surface area contributed by atoms with Crippen LogP contribution < -0.4 is 4.90 Å². The number of fused-ring (bicyclic) bond motifs is 1. The molecule has 3 nitrogen and oxygen atoms in total. The largest absolute Gasteiger partial charge is 0.363 e. The van der Waals surface area contributed by atoms with Crippen molar-refractivity contribution in [2.24, 2.45) is 5.92 Å². The number of anilines is 1. The summed E-state index contributed by atoms with van der Waals surface area (Å²) in [5, 5.41) is 0.504. The van der Waals surface area contributed by atoms with Crippen LogP contribution in [-0.2, 0) is 0 Å². The van der Waals surface area contributed by atoms with Crippen LogP contribution in [0.3, 0.4) is 0 Å². The molecule has 1 amide bonds. The quantitative estimate of drug-likeness (QED) is 0.725. The van der Waals surface area contributed by atoms with Crippen LogP contribution >= 0.6 is 11.6 Å². The minimum atomic E-state index is -0.215. The van der Waals surface area contributed by atoms with Crippen molar-refractivity contribution in [2.45, 2.75) is 38.3 Å². The molecule has 27 heavy (non-hydrogen) atoms. The van der Waals surface area contributed by atoms with Crippen molar-refractivity contribution in [3.8, 4) is 0 Å². The maximum atomic E-state index is 13.4. The molecule has 0 radical (unpaired) electrons. The second-order valence-electron chi connectivity index (χ2n) is 8.21. The summed E-state index contributed by atoms with van der Waals surface area (Å²) in [6, 6.07) is 14.4. The van der Waals surface area contributed by atoms with Crippen molar-refractivity contribution in [1.82, 2.24) is 4.90 Å². The number of benzene rings is 2. The number of carbonyl (C=O) groups is 1. The standard InChI is InChI=1S/C22H24ClFN2O/c1-22(2)13-15-14-25(21(27)18-5-3-4-6-19(18)23)12-11-20(15)26(22)17-9-7-16(24)8-10-17/h3-10,15,20H,11-14H2,1-2H3/t15-,20+/m1/s1. The van der Waals surface area contributed by atoms with Crippen molar-refractivity contribution in [1.29, 1.82) is 0 Å². The average molecular weight is 387 g/mol. The second kappa shape index (κ2) is 6.83. The molecular formula is C22H24ClFN2O. The third-order valence-corrected chi connectivity index (χ3v) is 6.27.